The first-order valence-electron chi connectivity index (χ1n) is 10.1. The van der Waals surface area contributed by atoms with Gasteiger partial charge in [-0.15, -0.1) is 0 Å². The highest BCUT2D eigenvalue weighted by molar-refractivity contribution is 6.09. The molecule has 1 heterocycles. The third-order valence-corrected chi connectivity index (χ3v) is 5.67. The van der Waals surface area contributed by atoms with Crippen molar-refractivity contribution in [2.45, 2.75) is 0 Å². The van der Waals surface area contributed by atoms with Crippen LogP contribution in [0.1, 0.15) is 0 Å². The summed E-state index contributed by atoms with van der Waals surface area (Å²) < 4.78 is 6.20. The lowest BCUT2D eigenvalue weighted by Gasteiger charge is -2.11. The van der Waals surface area contributed by atoms with Gasteiger partial charge < -0.3 is 9.73 Å². The lowest BCUT2D eigenvalue weighted by atomic mass is 10.0. The predicted octanol–water partition coefficient (Wildman–Crippen LogP) is 8.15. The maximum Gasteiger partial charge on any atom is 0.143 e. The number of hydrogen-bond donors (Lipinski definition) is 1. The maximum atomic E-state index is 6.20. The Labute approximate surface area is 174 Å². The summed E-state index contributed by atoms with van der Waals surface area (Å²) in [5.74, 6) is 0. The van der Waals surface area contributed by atoms with E-state index in [1.165, 1.54) is 10.8 Å². The van der Waals surface area contributed by atoms with E-state index in [4.69, 9.17) is 4.42 Å². The van der Waals surface area contributed by atoms with E-state index in [9.17, 15) is 0 Å². The number of fused-ring (bicyclic) bond motifs is 4. The van der Waals surface area contributed by atoms with Crippen LogP contribution in [0.4, 0.5) is 11.4 Å². The van der Waals surface area contributed by atoms with Gasteiger partial charge >= 0.3 is 0 Å². The van der Waals surface area contributed by atoms with Crippen molar-refractivity contribution in [1.29, 1.82) is 0 Å². The number of furan rings is 1. The molecule has 5 aromatic carbocycles. The van der Waals surface area contributed by atoms with Crippen LogP contribution < -0.4 is 5.32 Å². The number of hydrogen-bond acceptors (Lipinski definition) is 2. The Kier molecular flexibility index (Phi) is 3.82. The molecule has 2 nitrogen and oxygen atoms in total. The van der Waals surface area contributed by atoms with Crippen molar-refractivity contribution >= 4 is 44.1 Å². The standard InChI is InChI=1S/C28H19NO/c1-2-9-22-19(7-1)8-5-13-26(22)29-21-17-15-20(16-18-21)23-11-6-12-25-24-10-3-4-14-27(24)30-28(23)25/h1-18,29H. The molecule has 0 radical (unpaired) electrons. The molecule has 30 heavy (non-hydrogen) atoms. The fourth-order valence-corrected chi connectivity index (χ4v) is 4.20. The normalized spacial score (nSPS) is 11.3. The van der Waals surface area contributed by atoms with E-state index in [2.05, 4.69) is 102 Å². The molecule has 0 amide bonds. The Balaban J connectivity index is 1.39. The third-order valence-electron chi connectivity index (χ3n) is 5.67. The molecule has 0 atom stereocenters. The fraction of sp³-hybridized carbons (Fsp3) is 0. The Morgan fingerprint density at radius 3 is 2.13 bits per heavy atom. The van der Waals surface area contributed by atoms with E-state index >= 15 is 0 Å². The molecule has 0 aliphatic heterocycles. The molecule has 0 unspecified atom stereocenters. The van der Waals surface area contributed by atoms with Crippen molar-refractivity contribution in [2.75, 3.05) is 5.32 Å². The summed E-state index contributed by atoms with van der Waals surface area (Å²) in [6, 6.07) is 37.9. The second-order valence-corrected chi connectivity index (χ2v) is 7.51. The molecule has 6 rings (SSSR count). The summed E-state index contributed by atoms with van der Waals surface area (Å²) in [5, 5.41) is 8.32. The average molecular weight is 385 g/mol. The van der Waals surface area contributed by atoms with E-state index in [0.29, 0.717) is 0 Å². The van der Waals surface area contributed by atoms with E-state index in [1.807, 2.05) is 12.1 Å². The van der Waals surface area contributed by atoms with Crippen molar-refractivity contribution in [1.82, 2.24) is 0 Å². The van der Waals surface area contributed by atoms with Crippen molar-refractivity contribution < 1.29 is 4.42 Å². The quantitative estimate of drug-likeness (QED) is 0.332. The molecule has 0 saturated heterocycles. The first-order valence-corrected chi connectivity index (χ1v) is 10.1. The maximum absolute atomic E-state index is 6.20. The van der Waals surface area contributed by atoms with Gasteiger partial charge in [-0.1, -0.05) is 84.9 Å². The van der Waals surface area contributed by atoms with Crippen LogP contribution in [0.5, 0.6) is 0 Å². The highest BCUT2D eigenvalue weighted by Crippen LogP contribution is 2.36. The van der Waals surface area contributed by atoms with Gasteiger partial charge in [0.2, 0.25) is 0 Å². The van der Waals surface area contributed by atoms with Crippen LogP contribution in [0, 0.1) is 0 Å². The number of para-hydroxylation sites is 2. The van der Waals surface area contributed by atoms with Gasteiger partial charge in [0.15, 0.2) is 0 Å². The van der Waals surface area contributed by atoms with Gasteiger partial charge in [0.25, 0.3) is 0 Å². The molecule has 0 fully saturated rings. The summed E-state index contributed by atoms with van der Waals surface area (Å²) in [7, 11) is 0. The van der Waals surface area contributed by atoms with Gasteiger partial charge in [-0.3, -0.25) is 0 Å². The first kappa shape index (κ1) is 16.9. The van der Waals surface area contributed by atoms with Crippen molar-refractivity contribution in [3.05, 3.63) is 109 Å². The van der Waals surface area contributed by atoms with Crippen molar-refractivity contribution in [3.63, 3.8) is 0 Å². The van der Waals surface area contributed by atoms with Crippen molar-refractivity contribution in [3.8, 4) is 11.1 Å². The molecule has 0 aliphatic carbocycles. The lowest BCUT2D eigenvalue weighted by Crippen LogP contribution is -1.91. The predicted molar refractivity (Wildman–Crippen MR) is 126 cm³/mol. The zero-order valence-electron chi connectivity index (χ0n) is 16.3. The summed E-state index contributed by atoms with van der Waals surface area (Å²) in [6.07, 6.45) is 0. The van der Waals surface area contributed by atoms with Crippen LogP contribution >= 0.6 is 0 Å². The average Bonchev–Trinajstić information content (AvgIpc) is 3.19. The number of benzene rings is 5. The second kappa shape index (κ2) is 6.78. The SMILES string of the molecule is c1ccc2c(Nc3ccc(-c4cccc5c4oc4ccccc45)cc3)cccc2c1. The smallest absolute Gasteiger partial charge is 0.143 e. The Hall–Kier alpha value is -4.04. The summed E-state index contributed by atoms with van der Waals surface area (Å²) in [4.78, 5) is 0. The minimum atomic E-state index is 0.925. The summed E-state index contributed by atoms with van der Waals surface area (Å²) in [5.41, 5.74) is 6.29. The topological polar surface area (TPSA) is 25.2 Å². The summed E-state index contributed by atoms with van der Waals surface area (Å²) >= 11 is 0. The van der Waals surface area contributed by atoms with Crippen LogP contribution in [-0.2, 0) is 0 Å². The van der Waals surface area contributed by atoms with Crippen LogP contribution in [0.25, 0.3) is 43.8 Å². The van der Waals surface area contributed by atoms with Gasteiger partial charge in [-0.2, -0.15) is 0 Å². The van der Waals surface area contributed by atoms with Gasteiger partial charge in [0, 0.05) is 33.1 Å². The number of nitrogens with one attached hydrogen (secondary N) is 1. The Morgan fingerprint density at radius 1 is 0.533 bits per heavy atom. The van der Waals surface area contributed by atoms with Gasteiger partial charge in [-0.25, -0.2) is 0 Å². The fourth-order valence-electron chi connectivity index (χ4n) is 4.20. The van der Waals surface area contributed by atoms with Crippen LogP contribution in [-0.4, -0.2) is 0 Å². The van der Waals surface area contributed by atoms with E-state index < -0.39 is 0 Å². The van der Waals surface area contributed by atoms with Gasteiger partial charge in [0.1, 0.15) is 11.2 Å². The largest absolute Gasteiger partial charge is 0.455 e. The molecule has 142 valence electrons. The monoisotopic (exact) mass is 385 g/mol. The van der Waals surface area contributed by atoms with Gasteiger partial charge in [0.05, 0.1) is 0 Å². The number of rotatable bonds is 3. The highest BCUT2D eigenvalue weighted by atomic mass is 16.3. The molecule has 6 aromatic rings. The van der Waals surface area contributed by atoms with Crippen LogP contribution in [0.3, 0.4) is 0 Å². The molecular weight excluding hydrogens is 366 g/mol. The van der Waals surface area contributed by atoms with E-state index in [1.54, 1.807) is 0 Å². The molecule has 0 aliphatic rings. The molecule has 1 aromatic heterocycles. The zero-order valence-corrected chi connectivity index (χ0v) is 16.3. The first-order chi connectivity index (χ1) is 14.9. The van der Waals surface area contributed by atoms with Gasteiger partial charge in [-0.05, 0) is 35.2 Å². The molecular formula is C28H19NO. The molecule has 0 saturated carbocycles. The molecule has 0 bridgehead atoms. The molecule has 2 heteroatoms. The van der Waals surface area contributed by atoms with Crippen LogP contribution in [0.2, 0.25) is 0 Å². The van der Waals surface area contributed by atoms with E-state index in [0.717, 1.165) is 44.4 Å². The highest BCUT2D eigenvalue weighted by Gasteiger charge is 2.11. The Bertz CT molecular complexity index is 1500. The van der Waals surface area contributed by atoms with Crippen LogP contribution in [0.15, 0.2) is 114 Å². The minimum absolute atomic E-state index is 0.925. The zero-order chi connectivity index (χ0) is 19.9. The second-order valence-electron chi connectivity index (χ2n) is 7.51. The van der Waals surface area contributed by atoms with E-state index in [-0.39, 0.29) is 0 Å². The summed E-state index contributed by atoms with van der Waals surface area (Å²) in [6.45, 7) is 0. The lowest BCUT2D eigenvalue weighted by molar-refractivity contribution is 0.670. The Morgan fingerprint density at radius 2 is 1.23 bits per heavy atom. The minimum Gasteiger partial charge on any atom is -0.455 e. The number of anilines is 2. The van der Waals surface area contributed by atoms with Crippen molar-refractivity contribution in [2.24, 2.45) is 0 Å². The molecule has 0 spiro atoms. The molecule has 1 N–H and O–H groups in total. The third kappa shape index (κ3) is 2.73.